The lowest BCUT2D eigenvalue weighted by Crippen LogP contribution is -2.50. The molecule has 0 aliphatic carbocycles. The topological polar surface area (TPSA) is 63.9 Å². The molecule has 1 saturated heterocycles. The molecule has 1 aromatic carbocycles. The molecule has 0 atom stereocenters. The summed E-state index contributed by atoms with van der Waals surface area (Å²) < 4.78 is 13.5. The summed E-state index contributed by atoms with van der Waals surface area (Å²) in [7, 11) is 1.68. The highest BCUT2D eigenvalue weighted by Crippen LogP contribution is 2.33. The van der Waals surface area contributed by atoms with E-state index in [4.69, 9.17) is 14.5 Å². The molecule has 1 N–H and O–H groups in total. The summed E-state index contributed by atoms with van der Waals surface area (Å²) in [4.78, 5) is 7.28. The summed E-state index contributed by atoms with van der Waals surface area (Å²) in [5.41, 5.74) is 4.66. The second kappa shape index (κ2) is 7.55. The Bertz CT molecular complexity index is 1030. The Morgan fingerprint density at radius 3 is 2.86 bits per heavy atom. The summed E-state index contributed by atoms with van der Waals surface area (Å²) in [5.74, 6) is 3.31. The molecule has 7 heteroatoms. The van der Waals surface area contributed by atoms with Crippen molar-refractivity contribution < 1.29 is 9.47 Å². The van der Waals surface area contributed by atoms with E-state index in [-0.39, 0.29) is 0 Å². The smallest absolute Gasteiger partial charge is 0.161 e. The summed E-state index contributed by atoms with van der Waals surface area (Å²) in [5, 5.41) is 8.04. The number of aromatic nitrogens is 3. The Morgan fingerprint density at radius 1 is 1.14 bits per heavy atom. The van der Waals surface area contributed by atoms with E-state index in [1.807, 2.05) is 35.0 Å². The van der Waals surface area contributed by atoms with Crippen LogP contribution in [0.25, 0.3) is 5.65 Å². The van der Waals surface area contributed by atoms with Crippen LogP contribution in [0.1, 0.15) is 16.8 Å². The van der Waals surface area contributed by atoms with Gasteiger partial charge in [0.15, 0.2) is 17.1 Å². The lowest BCUT2D eigenvalue weighted by Gasteiger charge is -2.41. The second-order valence-electron chi connectivity index (χ2n) is 7.95. The van der Waals surface area contributed by atoms with E-state index in [0.717, 1.165) is 56.2 Å². The van der Waals surface area contributed by atoms with E-state index >= 15 is 0 Å². The monoisotopic (exact) mass is 393 g/mol. The van der Waals surface area contributed by atoms with Gasteiger partial charge in [-0.25, -0.2) is 4.98 Å². The fourth-order valence-corrected chi connectivity index (χ4v) is 4.29. The average Bonchev–Trinajstić information content (AvgIpc) is 3.03. The number of methoxy groups -OCH3 is 1. The van der Waals surface area contributed by atoms with E-state index in [0.29, 0.717) is 12.5 Å². The summed E-state index contributed by atoms with van der Waals surface area (Å²) in [6.45, 7) is 6.66. The predicted octanol–water partition coefficient (Wildman–Crippen LogP) is 2.25. The highest BCUT2D eigenvalue weighted by molar-refractivity contribution is 5.59. The standard InChI is InChI=1S/C22H27N5O2/c1-15-3-4-19(28-2)20(11-15)29-14-16-12-26(13-16)22-17-5-8-23-9-6-18(17)25-21-7-10-24-27(21)22/h3-4,7,10-11,16,23H,5-6,8-9,12-14H2,1-2H3. The van der Waals surface area contributed by atoms with Gasteiger partial charge in [0, 0.05) is 43.6 Å². The van der Waals surface area contributed by atoms with Gasteiger partial charge in [0.25, 0.3) is 0 Å². The maximum Gasteiger partial charge on any atom is 0.161 e. The van der Waals surface area contributed by atoms with E-state index in [2.05, 4.69) is 22.2 Å². The Hall–Kier alpha value is -2.80. The third-order valence-electron chi connectivity index (χ3n) is 5.83. The SMILES string of the molecule is COc1ccc(C)cc1OCC1CN(c2c3c(nc4ccnn24)CCNCC3)C1. The molecule has 3 aromatic rings. The third-order valence-corrected chi connectivity index (χ3v) is 5.83. The zero-order valence-corrected chi connectivity index (χ0v) is 17.0. The molecular weight excluding hydrogens is 366 g/mol. The van der Waals surface area contributed by atoms with Gasteiger partial charge in [-0.1, -0.05) is 6.07 Å². The Kier molecular flexibility index (Phi) is 4.75. The lowest BCUT2D eigenvalue weighted by atomic mass is 9.99. The molecule has 5 rings (SSSR count). The van der Waals surface area contributed by atoms with Crippen LogP contribution >= 0.6 is 0 Å². The molecule has 29 heavy (non-hydrogen) atoms. The number of hydrogen-bond acceptors (Lipinski definition) is 6. The molecule has 4 heterocycles. The molecule has 2 aliphatic heterocycles. The van der Waals surface area contributed by atoms with E-state index in [1.165, 1.54) is 22.6 Å². The van der Waals surface area contributed by atoms with Gasteiger partial charge in [-0.2, -0.15) is 9.61 Å². The molecule has 0 amide bonds. The Morgan fingerprint density at radius 2 is 2.00 bits per heavy atom. The molecule has 7 nitrogen and oxygen atoms in total. The minimum atomic E-state index is 0.485. The highest BCUT2D eigenvalue weighted by Gasteiger charge is 2.32. The van der Waals surface area contributed by atoms with Crippen LogP contribution in [0.4, 0.5) is 5.82 Å². The predicted molar refractivity (Wildman–Crippen MR) is 112 cm³/mol. The van der Waals surface area contributed by atoms with Crippen LogP contribution in [0, 0.1) is 12.8 Å². The summed E-state index contributed by atoms with van der Waals surface area (Å²) >= 11 is 0. The number of nitrogens with zero attached hydrogens (tertiary/aromatic N) is 4. The molecule has 0 saturated carbocycles. The summed E-state index contributed by atoms with van der Waals surface area (Å²) in [6.07, 6.45) is 3.80. The van der Waals surface area contributed by atoms with Crippen molar-refractivity contribution in [2.24, 2.45) is 5.92 Å². The molecule has 0 radical (unpaired) electrons. The fraction of sp³-hybridized carbons (Fsp3) is 0.455. The maximum atomic E-state index is 6.11. The number of nitrogens with one attached hydrogen (secondary N) is 1. The van der Waals surface area contributed by atoms with Crippen molar-refractivity contribution in [3.05, 3.63) is 47.3 Å². The quantitative estimate of drug-likeness (QED) is 0.717. The van der Waals surface area contributed by atoms with Gasteiger partial charge >= 0.3 is 0 Å². The summed E-state index contributed by atoms with van der Waals surface area (Å²) in [6, 6.07) is 8.04. The van der Waals surface area contributed by atoms with Gasteiger partial charge < -0.3 is 19.7 Å². The van der Waals surface area contributed by atoms with E-state index < -0.39 is 0 Å². The molecule has 0 spiro atoms. The average molecular weight is 393 g/mol. The Labute approximate surface area is 170 Å². The van der Waals surface area contributed by atoms with Crippen LogP contribution in [0.5, 0.6) is 11.5 Å². The maximum absolute atomic E-state index is 6.11. The van der Waals surface area contributed by atoms with Gasteiger partial charge in [-0.15, -0.1) is 0 Å². The van der Waals surface area contributed by atoms with Crippen molar-refractivity contribution in [1.82, 2.24) is 19.9 Å². The first-order valence-corrected chi connectivity index (χ1v) is 10.3. The van der Waals surface area contributed by atoms with Gasteiger partial charge in [0.05, 0.1) is 25.6 Å². The molecule has 152 valence electrons. The van der Waals surface area contributed by atoms with Crippen LogP contribution in [-0.2, 0) is 12.8 Å². The molecule has 2 aromatic heterocycles. The first kappa shape index (κ1) is 18.2. The van der Waals surface area contributed by atoms with E-state index in [9.17, 15) is 0 Å². The van der Waals surface area contributed by atoms with E-state index in [1.54, 1.807) is 7.11 Å². The van der Waals surface area contributed by atoms with Crippen LogP contribution in [0.2, 0.25) is 0 Å². The van der Waals surface area contributed by atoms with Gasteiger partial charge in [-0.3, -0.25) is 0 Å². The number of hydrogen-bond donors (Lipinski definition) is 1. The van der Waals surface area contributed by atoms with Crippen molar-refractivity contribution in [3.8, 4) is 11.5 Å². The van der Waals surface area contributed by atoms with Crippen molar-refractivity contribution in [2.75, 3.05) is 44.8 Å². The number of anilines is 1. The molecule has 0 bridgehead atoms. The fourth-order valence-electron chi connectivity index (χ4n) is 4.29. The molecule has 1 fully saturated rings. The number of benzene rings is 1. The highest BCUT2D eigenvalue weighted by atomic mass is 16.5. The minimum Gasteiger partial charge on any atom is -0.493 e. The molecule has 2 aliphatic rings. The first-order chi connectivity index (χ1) is 14.2. The third kappa shape index (κ3) is 3.40. The van der Waals surface area contributed by atoms with Crippen LogP contribution in [-0.4, -0.2) is 54.5 Å². The van der Waals surface area contributed by atoms with Crippen LogP contribution < -0.4 is 19.7 Å². The number of ether oxygens (including phenoxy) is 2. The number of rotatable bonds is 5. The van der Waals surface area contributed by atoms with Crippen molar-refractivity contribution in [3.63, 3.8) is 0 Å². The van der Waals surface area contributed by atoms with Crippen molar-refractivity contribution in [2.45, 2.75) is 19.8 Å². The largest absolute Gasteiger partial charge is 0.493 e. The molecule has 0 unspecified atom stereocenters. The van der Waals surface area contributed by atoms with Gasteiger partial charge in [0.2, 0.25) is 0 Å². The Balaban J connectivity index is 1.32. The zero-order valence-electron chi connectivity index (χ0n) is 17.0. The van der Waals surface area contributed by atoms with Gasteiger partial charge in [0.1, 0.15) is 5.82 Å². The lowest BCUT2D eigenvalue weighted by molar-refractivity contribution is 0.212. The van der Waals surface area contributed by atoms with Crippen molar-refractivity contribution >= 4 is 11.5 Å². The zero-order chi connectivity index (χ0) is 19.8. The number of aryl methyl sites for hydroxylation is 1. The van der Waals surface area contributed by atoms with Gasteiger partial charge in [-0.05, 0) is 37.6 Å². The first-order valence-electron chi connectivity index (χ1n) is 10.3. The second-order valence-corrected chi connectivity index (χ2v) is 7.95. The van der Waals surface area contributed by atoms with Crippen molar-refractivity contribution in [1.29, 1.82) is 0 Å². The van der Waals surface area contributed by atoms with Crippen LogP contribution in [0.15, 0.2) is 30.5 Å². The molecular formula is C22H27N5O2. The number of fused-ring (bicyclic) bond motifs is 2. The minimum absolute atomic E-state index is 0.485. The normalized spacial score (nSPS) is 17.0. The van der Waals surface area contributed by atoms with Crippen LogP contribution in [0.3, 0.4) is 0 Å².